The van der Waals surface area contributed by atoms with E-state index in [2.05, 4.69) is 0 Å². The van der Waals surface area contributed by atoms with Crippen LogP contribution in [0.3, 0.4) is 0 Å². The number of carbonyl (C=O) groups is 1. The van der Waals surface area contributed by atoms with Crippen LogP contribution in [0.15, 0.2) is 48.5 Å². The number of ether oxygens (including phenoxy) is 2. The van der Waals surface area contributed by atoms with Crippen molar-refractivity contribution in [2.45, 2.75) is 0 Å². The molecule has 0 N–H and O–H groups in total. The Bertz CT molecular complexity index is 692. The zero-order valence-electron chi connectivity index (χ0n) is 10.5. The third kappa shape index (κ3) is 2.54. The van der Waals surface area contributed by atoms with E-state index in [0.717, 1.165) is 0 Å². The second-order valence-corrected chi connectivity index (χ2v) is 4.32. The molecule has 0 atom stereocenters. The summed E-state index contributed by atoms with van der Waals surface area (Å²) in [5.41, 5.74) is 1.14. The lowest BCUT2D eigenvalue weighted by atomic mass is 10.1. The lowest BCUT2D eigenvalue weighted by molar-refractivity contribution is 0.104. The lowest BCUT2D eigenvalue weighted by Gasteiger charge is -1.99. The summed E-state index contributed by atoms with van der Waals surface area (Å²) in [6, 6.07) is 11.1. The molecule has 0 bridgehead atoms. The molecular formula is C16H11FO3. The average molecular weight is 270 g/mol. The van der Waals surface area contributed by atoms with Crippen molar-refractivity contribution in [1.29, 1.82) is 0 Å². The van der Waals surface area contributed by atoms with Gasteiger partial charge in [0.15, 0.2) is 17.3 Å². The van der Waals surface area contributed by atoms with E-state index in [9.17, 15) is 9.18 Å². The Labute approximate surface area is 115 Å². The summed E-state index contributed by atoms with van der Waals surface area (Å²) >= 11 is 0. The fourth-order valence-corrected chi connectivity index (χ4v) is 1.93. The highest BCUT2D eigenvalue weighted by Crippen LogP contribution is 2.32. The molecule has 3 rings (SSSR count). The first kappa shape index (κ1) is 12.4. The Kier molecular flexibility index (Phi) is 3.21. The predicted octanol–water partition coefficient (Wildman–Crippen LogP) is 3.45. The van der Waals surface area contributed by atoms with Gasteiger partial charge in [0.2, 0.25) is 6.79 Å². The van der Waals surface area contributed by atoms with Gasteiger partial charge >= 0.3 is 0 Å². The van der Waals surface area contributed by atoms with Crippen molar-refractivity contribution in [2.75, 3.05) is 6.79 Å². The predicted molar refractivity (Wildman–Crippen MR) is 72.3 cm³/mol. The third-order valence-corrected chi connectivity index (χ3v) is 2.93. The van der Waals surface area contributed by atoms with E-state index in [0.29, 0.717) is 22.6 Å². The minimum absolute atomic E-state index is 0.173. The maximum absolute atomic E-state index is 13.0. The monoisotopic (exact) mass is 270 g/mol. The Morgan fingerprint density at radius 3 is 2.80 bits per heavy atom. The number of fused-ring (bicyclic) bond motifs is 1. The Morgan fingerprint density at radius 2 is 1.95 bits per heavy atom. The molecule has 0 radical (unpaired) electrons. The van der Waals surface area contributed by atoms with Gasteiger partial charge in [-0.2, -0.15) is 0 Å². The van der Waals surface area contributed by atoms with E-state index < -0.39 is 0 Å². The fraction of sp³-hybridized carbons (Fsp3) is 0.0625. The maximum Gasteiger partial charge on any atom is 0.231 e. The summed E-state index contributed by atoms with van der Waals surface area (Å²) in [5.74, 6) is 0.695. The molecule has 0 saturated heterocycles. The van der Waals surface area contributed by atoms with Gasteiger partial charge in [-0.3, -0.25) is 4.79 Å². The number of halogens is 1. The summed E-state index contributed by atoms with van der Waals surface area (Å²) in [6.45, 7) is 0.173. The molecule has 0 fully saturated rings. The summed E-state index contributed by atoms with van der Waals surface area (Å²) in [4.78, 5) is 12.0. The zero-order chi connectivity index (χ0) is 13.9. The Morgan fingerprint density at radius 1 is 1.10 bits per heavy atom. The van der Waals surface area contributed by atoms with Crippen LogP contribution in [0.2, 0.25) is 0 Å². The standard InChI is InChI=1S/C16H11FO3/c17-13-3-1-2-11(8-13)4-6-14(18)12-5-7-15-16(9-12)20-10-19-15/h1-9H,10H2/b6-4+. The Balaban J connectivity index is 1.79. The SMILES string of the molecule is O=C(/C=C/c1cccc(F)c1)c1ccc2c(c1)OCO2. The summed E-state index contributed by atoms with van der Waals surface area (Å²) in [5, 5.41) is 0. The molecule has 0 unspecified atom stereocenters. The van der Waals surface area contributed by atoms with Crippen LogP contribution in [0.25, 0.3) is 6.08 Å². The molecule has 0 amide bonds. The number of hydrogen-bond donors (Lipinski definition) is 0. The van der Waals surface area contributed by atoms with Gasteiger partial charge in [-0.05, 0) is 42.0 Å². The molecule has 2 aromatic carbocycles. The minimum Gasteiger partial charge on any atom is -0.454 e. The van der Waals surface area contributed by atoms with Crippen molar-refractivity contribution in [2.24, 2.45) is 0 Å². The van der Waals surface area contributed by atoms with Crippen molar-refractivity contribution in [1.82, 2.24) is 0 Å². The molecule has 0 aromatic heterocycles. The van der Waals surface area contributed by atoms with Crippen LogP contribution >= 0.6 is 0 Å². The fourth-order valence-electron chi connectivity index (χ4n) is 1.93. The van der Waals surface area contributed by atoms with Crippen LogP contribution < -0.4 is 9.47 Å². The molecular weight excluding hydrogens is 259 g/mol. The molecule has 1 heterocycles. The number of hydrogen-bond acceptors (Lipinski definition) is 3. The number of carbonyl (C=O) groups excluding carboxylic acids is 1. The first-order valence-electron chi connectivity index (χ1n) is 6.10. The number of rotatable bonds is 3. The normalized spacial score (nSPS) is 12.8. The van der Waals surface area contributed by atoms with E-state index in [1.54, 1.807) is 36.4 Å². The summed E-state index contributed by atoms with van der Waals surface area (Å²) in [7, 11) is 0. The summed E-state index contributed by atoms with van der Waals surface area (Å²) in [6.07, 6.45) is 2.99. The number of ketones is 1. The molecule has 0 spiro atoms. The van der Waals surface area contributed by atoms with Gasteiger partial charge in [0.25, 0.3) is 0 Å². The topological polar surface area (TPSA) is 35.5 Å². The van der Waals surface area contributed by atoms with Gasteiger partial charge in [0.05, 0.1) is 0 Å². The molecule has 100 valence electrons. The van der Waals surface area contributed by atoms with Crippen LogP contribution in [-0.2, 0) is 0 Å². The van der Waals surface area contributed by atoms with Crippen molar-refractivity contribution >= 4 is 11.9 Å². The third-order valence-electron chi connectivity index (χ3n) is 2.93. The van der Waals surface area contributed by atoms with Crippen molar-refractivity contribution < 1.29 is 18.7 Å². The molecule has 2 aromatic rings. The van der Waals surface area contributed by atoms with Gasteiger partial charge in [-0.25, -0.2) is 4.39 Å². The second-order valence-electron chi connectivity index (χ2n) is 4.32. The molecule has 4 heteroatoms. The van der Waals surface area contributed by atoms with Crippen LogP contribution in [0, 0.1) is 5.82 Å². The molecule has 1 aliphatic heterocycles. The first-order valence-corrected chi connectivity index (χ1v) is 6.10. The maximum atomic E-state index is 13.0. The highest BCUT2D eigenvalue weighted by Gasteiger charge is 2.14. The number of benzene rings is 2. The van der Waals surface area contributed by atoms with Crippen LogP contribution in [-0.4, -0.2) is 12.6 Å². The molecule has 0 saturated carbocycles. The highest BCUT2D eigenvalue weighted by atomic mass is 19.1. The largest absolute Gasteiger partial charge is 0.454 e. The van der Waals surface area contributed by atoms with E-state index in [1.807, 2.05) is 0 Å². The van der Waals surface area contributed by atoms with Crippen LogP contribution in [0.4, 0.5) is 4.39 Å². The lowest BCUT2D eigenvalue weighted by Crippen LogP contribution is -1.94. The minimum atomic E-state index is -0.331. The van der Waals surface area contributed by atoms with Crippen molar-refractivity contribution in [3.63, 3.8) is 0 Å². The van der Waals surface area contributed by atoms with E-state index in [1.165, 1.54) is 18.2 Å². The number of allylic oxidation sites excluding steroid dienone is 1. The molecule has 0 aliphatic carbocycles. The second kappa shape index (κ2) is 5.17. The van der Waals surface area contributed by atoms with Crippen LogP contribution in [0.1, 0.15) is 15.9 Å². The van der Waals surface area contributed by atoms with E-state index >= 15 is 0 Å². The van der Waals surface area contributed by atoms with Gasteiger partial charge < -0.3 is 9.47 Å². The van der Waals surface area contributed by atoms with E-state index in [4.69, 9.17) is 9.47 Å². The van der Waals surface area contributed by atoms with Gasteiger partial charge in [0.1, 0.15) is 5.82 Å². The van der Waals surface area contributed by atoms with Crippen molar-refractivity contribution in [3.8, 4) is 11.5 Å². The quantitative estimate of drug-likeness (QED) is 0.633. The molecule has 3 nitrogen and oxygen atoms in total. The highest BCUT2D eigenvalue weighted by molar-refractivity contribution is 6.07. The van der Waals surface area contributed by atoms with Gasteiger partial charge in [-0.15, -0.1) is 0 Å². The smallest absolute Gasteiger partial charge is 0.231 e. The average Bonchev–Trinajstić information content (AvgIpc) is 2.92. The Hall–Kier alpha value is -2.62. The van der Waals surface area contributed by atoms with Gasteiger partial charge in [-0.1, -0.05) is 18.2 Å². The summed E-state index contributed by atoms with van der Waals surface area (Å²) < 4.78 is 23.4. The van der Waals surface area contributed by atoms with Gasteiger partial charge in [0, 0.05) is 5.56 Å². The zero-order valence-corrected chi connectivity index (χ0v) is 10.5. The molecule has 20 heavy (non-hydrogen) atoms. The van der Waals surface area contributed by atoms with E-state index in [-0.39, 0.29) is 18.4 Å². The first-order chi connectivity index (χ1) is 9.72. The van der Waals surface area contributed by atoms with Crippen molar-refractivity contribution in [3.05, 3.63) is 65.5 Å². The molecule has 1 aliphatic rings. The van der Waals surface area contributed by atoms with Crippen LogP contribution in [0.5, 0.6) is 11.5 Å².